The Bertz CT molecular complexity index is 802. The molecule has 0 heterocycles. The van der Waals surface area contributed by atoms with Crippen LogP contribution in [0.3, 0.4) is 0 Å². The molecule has 0 aliphatic rings. The molecule has 0 radical (unpaired) electrons. The molecule has 0 saturated carbocycles. The first-order chi connectivity index (χ1) is 13.4. The summed E-state index contributed by atoms with van der Waals surface area (Å²) in [5.41, 5.74) is -0.692. The van der Waals surface area contributed by atoms with E-state index < -0.39 is 41.4 Å². The monoisotopic (exact) mass is 408 g/mol. The fourth-order valence-corrected chi connectivity index (χ4v) is 2.08. The fourth-order valence-electron chi connectivity index (χ4n) is 2.08. The van der Waals surface area contributed by atoms with Crippen molar-refractivity contribution in [2.75, 3.05) is 26.7 Å². The summed E-state index contributed by atoms with van der Waals surface area (Å²) in [6, 6.07) is 5.00. The highest BCUT2D eigenvalue weighted by atomic mass is 16.6. The number of carbonyl (C=O) groups is 4. The number of nitrogens with zero attached hydrogens (tertiary/aromatic N) is 2. The van der Waals surface area contributed by atoms with Gasteiger partial charge in [0.2, 0.25) is 5.91 Å². The molecule has 29 heavy (non-hydrogen) atoms. The first kappa shape index (κ1) is 23.5. The minimum atomic E-state index is -0.871. The summed E-state index contributed by atoms with van der Waals surface area (Å²) in [6.45, 7) is 4.09. The van der Waals surface area contributed by atoms with E-state index in [0.717, 1.165) is 11.0 Å². The van der Waals surface area contributed by atoms with Crippen LogP contribution < -0.4 is 10.6 Å². The van der Waals surface area contributed by atoms with Gasteiger partial charge < -0.3 is 20.3 Å². The molecule has 1 aromatic carbocycles. The summed E-state index contributed by atoms with van der Waals surface area (Å²) < 4.78 is 4.77. The normalized spacial score (nSPS) is 10.6. The lowest BCUT2D eigenvalue weighted by Gasteiger charge is -2.23. The molecule has 0 aromatic heterocycles. The van der Waals surface area contributed by atoms with Gasteiger partial charge in [-0.25, -0.2) is 0 Å². The second-order valence-corrected chi connectivity index (χ2v) is 7.20. The van der Waals surface area contributed by atoms with Crippen molar-refractivity contribution in [1.82, 2.24) is 15.5 Å². The van der Waals surface area contributed by atoms with Crippen molar-refractivity contribution in [3.05, 3.63) is 39.9 Å². The second kappa shape index (κ2) is 10.2. The maximum atomic E-state index is 11.9. The van der Waals surface area contributed by atoms with Gasteiger partial charge in [0.15, 0.2) is 6.61 Å². The zero-order chi connectivity index (χ0) is 22.2. The molecule has 3 amide bonds. The van der Waals surface area contributed by atoms with Crippen LogP contribution >= 0.6 is 0 Å². The third kappa shape index (κ3) is 8.82. The summed E-state index contributed by atoms with van der Waals surface area (Å²) in [4.78, 5) is 58.5. The van der Waals surface area contributed by atoms with E-state index in [0.29, 0.717) is 0 Å². The quantitative estimate of drug-likeness (QED) is 0.356. The number of rotatable bonds is 8. The van der Waals surface area contributed by atoms with Gasteiger partial charge in [-0.05, 0) is 26.8 Å². The molecule has 0 aliphatic heterocycles. The molecule has 11 nitrogen and oxygen atoms in total. The van der Waals surface area contributed by atoms with Crippen molar-refractivity contribution < 1.29 is 28.8 Å². The molecule has 0 spiro atoms. The van der Waals surface area contributed by atoms with Crippen LogP contribution in [0, 0.1) is 10.1 Å². The van der Waals surface area contributed by atoms with E-state index >= 15 is 0 Å². The molecule has 0 saturated heterocycles. The number of non-ortho nitro benzene ring substituents is 1. The summed E-state index contributed by atoms with van der Waals surface area (Å²) in [6.07, 6.45) is 0. The largest absolute Gasteiger partial charge is 0.454 e. The third-order valence-corrected chi connectivity index (χ3v) is 3.39. The molecule has 158 valence electrons. The standard InChI is InChI=1S/C18H24N4O7/c1-18(2,3)20-14(23)10-21(4)15(24)11-29-16(25)9-19-17(26)12-6-5-7-13(8-12)22(27)28/h5-8H,9-11H2,1-4H3,(H,19,26)(H,20,23). The van der Waals surface area contributed by atoms with E-state index in [-0.39, 0.29) is 23.7 Å². The molecule has 1 rings (SSSR count). The van der Waals surface area contributed by atoms with Crippen LogP contribution in [0.5, 0.6) is 0 Å². The Morgan fingerprint density at radius 1 is 1.21 bits per heavy atom. The number of hydrogen-bond donors (Lipinski definition) is 2. The first-order valence-corrected chi connectivity index (χ1v) is 8.62. The summed E-state index contributed by atoms with van der Waals surface area (Å²) in [5, 5.41) is 15.7. The number of hydrogen-bond acceptors (Lipinski definition) is 7. The Morgan fingerprint density at radius 2 is 1.86 bits per heavy atom. The maximum Gasteiger partial charge on any atom is 0.325 e. The van der Waals surface area contributed by atoms with Gasteiger partial charge in [0.05, 0.1) is 11.5 Å². The van der Waals surface area contributed by atoms with Crippen molar-refractivity contribution in [3.63, 3.8) is 0 Å². The number of amides is 3. The highest BCUT2D eigenvalue weighted by Gasteiger charge is 2.19. The molecular formula is C18H24N4O7. The van der Waals surface area contributed by atoms with Crippen LogP contribution in [0.25, 0.3) is 0 Å². The maximum absolute atomic E-state index is 11.9. The van der Waals surface area contributed by atoms with Gasteiger partial charge in [-0.15, -0.1) is 0 Å². The Morgan fingerprint density at radius 3 is 2.45 bits per heavy atom. The van der Waals surface area contributed by atoms with Gasteiger partial charge in [-0.1, -0.05) is 6.07 Å². The number of nitro benzene ring substituents is 1. The molecule has 11 heteroatoms. The number of carbonyl (C=O) groups excluding carboxylic acids is 4. The van der Waals surface area contributed by atoms with Gasteiger partial charge in [0.1, 0.15) is 6.54 Å². The van der Waals surface area contributed by atoms with Gasteiger partial charge in [0.25, 0.3) is 17.5 Å². The smallest absolute Gasteiger partial charge is 0.325 e. The Kier molecular flexibility index (Phi) is 8.24. The number of ether oxygens (including phenoxy) is 1. The minimum absolute atomic E-state index is 0.00710. The first-order valence-electron chi connectivity index (χ1n) is 8.62. The summed E-state index contributed by atoms with van der Waals surface area (Å²) in [5.74, 6) is -2.52. The van der Waals surface area contributed by atoms with Crippen LogP contribution in [0.15, 0.2) is 24.3 Å². The molecule has 2 N–H and O–H groups in total. The summed E-state index contributed by atoms with van der Waals surface area (Å²) >= 11 is 0. The van der Waals surface area contributed by atoms with Gasteiger partial charge in [0, 0.05) is 30.3 Å². The van der Waals surface area contributed by atoms with Crippen molar-refractivity contribution in [3.8, 4) is 0 Å². The lowest BCUT2D eigenvalue weighted by molar-refractivity contribution is -0.384. The highest BCUT2D eigenvalue weighted by Crippen LogP contribution is 2.12. The van der Waals surface area contributed by atoms with E-state index in [1.165, 1.54) is 25.2 Å². The van der Waals surface area contributed by atoms with Crippen molar-refractivity contribution in [2.24, 2.45) is 0 Å². The zero-order valence-electron chi connectivity index (χ0n) is 16.7. The van der Waals surface area contributed by atoms with Crippen molar-refractivity contribution >= 4 is 29.4 Å². The number of nitrogens with one attached hydrogen (secondary N) is 2. The van der Waals surface area contributed by atoms with E-state index in [1.54, 1.807) is 20.8 Å². The Hall–Kier alpha value is -3.50. The molecule has 0 fully saturated rings. The SMILES string of the molecule is CN(CC(=O)NC(C)(C)C)C(=O)COC(=O)CNC(=O)c1cccc([N+](=O)[O-])c1. The molecular weight excluding hydrogens is 384 g/mol. The fraction of sp³-hybridized carbons (Fsp3) is 0.444. The predicted octanol–water partition coefficient (Wildman–Crippen LogP) is 0.241. The molecule has 0 aliphatic carbocycles. The van der Waals surface area contributed by atoms with Crippen LogP contribution in [0.2, 0.25) is 0 Å². The number of nitro groups is 1. The minimum Gasteiger partial charge on any atom is -0.454 e. The third-order valence-electron chi connectivity index (χ3n) is 3.39. The predicted molar refractivity (Wildman–Crippen MR) is 102 cm³/mol. The molecule has 0 unspecified atom stereocenters. The molecule has 0 atom stereocenters. The number of likely N-dealkylation sites (N-methyl/N-ethyl adjacent to an activating group) is 1. The number of benzene rings is 1. The lowest BCUT2D eigenvalue weighted by Crippen LogP contribution is -2.47. The van der Waals surface area contributed by atoms with Crippen LogP contribution in [-0.2, 0) is 19.1 Å². The number of esters is 1. The summed E-state index contributed by atoms with van der Waals surface area (Å²) in [7, 11) is 1.39. The van der Waals surface area contributed by atoms with E-state index in [2.05, 4.69) is 10.6 Å². The average Bonchev–Trinajstić information content (AvgIpc) is 2.62. The zero-order valence-corrected chi connectivity index (χ0v) is 16.7. The topological polar surface area (TPSA) is 148 Å². The second-order valence-electron chi connectivity index (χ2n) is 7.20. The van der Waals surface area contributed by atoms with Crippen molar-refractivity contribution in [2.45, 2.75) is 26.3 Å². The Labute approximate surface area is 167 Å². The van der Waals surface area contributed by atoms with E-state index in [1.807, 2.05) is 0 Å². The molecule has 1 aromatic rings. The van der Waals surface area contributed by atoms with E-state index in [4.69, 9.17) is 4.74 Å². The lowest BCUT2D eigenvalue weighted by atomic mass is 10.1. The average molecular weight is 408 g/mol. The van der Waals surface area contributed by atoms with Gasteiger partial charge >= 0.3 is 5.97 Å². The van der Waals surface area contributed by atoms with Crippen LogP contribution in [-0.4, -0.2) is 65.8 Å². The highest BCUT2D eigenvalue weighted by molar-refractivity contribution is 5.96. The van der Waals surface area contributed by atoms with Crippen LogP contribution in [0.4, 0.5) is 5.69 Å². The van der Waals surface area contributed by atoms with Gasteiger partial charge in [-0.2, -0.15) is 0 Å². The molecule has 0 bridgehead atoms. The van der Waals surface area contributed by atoms with Crippen LogP contribution in [0.1, 0.15) is 31.1 Å². The van der Waals surface area contributed by atoms with Gasteiger partial charge in [-0.3, -0.25) is 29.3 Å². The van der Waals surface area contributed by atoms with Crippen molar-refractivity contribution in [1.29, 1.82) is 0 Å². The van der Waals surface area contributed by atoms with E-state index in [9.17, 15) is 29.3 Å². The Balaban J connectivity index is 2.42.